The number of hydrogen-bond acceptors (Lipinski definition) is 5. The van der Waals surface area contributed by atoms with Gasteiger partial charge in [0.25, 0.3) is 0 Å². The molecule has 0 radical (unpaired) electrons. The lowest BCUT2D eigenvalue weighted by molar-refractivity contribution is 0.0375. The predicted molar refractivity (Wildman–Crippen MR) is 129 cm³/mol. The third-order valence-electron chi connectivity index (χ3n) is 7.32. The van der Waals surface area contributed by atoms with Gasteiger partial charge >= 0.3 is 0 Å². The molecule has 0 aromatic heterocycles. The summed E-state index contributed by atoms with van der Waals surface area (Å²) in [6.07, 6.45) is 9.27. The Balaban J connectivity index is 1.19. The van der Waals surface area contributed by atoms with Crippen molar-refractivity contribution in [3.63, 3.8) is 0 Å². The van der Waals surface area contributed by atoms with E-state index in [2.05, 4.69) is 47.5 Å². The smallest absolute Gasteiger partial charge is 0.0761 e. The second-order valence-corrected chi connectivity index (χ2v) is 9.87. The highest BCUT2D eigenvalue weighted by atomic mass is 16.5. The number of fused-ring (bicyclic) bond motifs is 1. The summed E-state index contributed by atoms with van der Waals surface area (Å²) in [5, 5.41) is 24.7. The zero-order valence-corrected chi connectivity index (χ0v) is 19.5. The van der Waals surface area contributed by atoms with Gasteiger partial charge in [0.05, 0.1) is 25.4 Å². The Morgan fingerprint density at radius 3 is 2.94 bits per heavy atom. The summed E-state index contributed by atoms with van der Waals surface area (Å²) in [7, 11) is 0. The molecule has 0 bridgehead atoms. The molecule has 0 unspecified atom stereocenters. The SMILES string of the molecule is Cc1cccc(C[C@H](O)/C=C/[C@@H]2[C@H]3CC(CNCCCN4CCOCC4)=C[C@H]3C[C@H]2O)c1. The van der Waals surface area contributed by atoms with Crippen LogP contribution in [0.1, 0.15) is 30.4 Å². The van der Waals surface area contributed by atoms with E-state index >= 15 is 0 Å². The number of aryl methyl sites for hydroxylation is 1. The summed E-state index contributed by atoms with van der Waals surface area (Å²) >= 11 is 0. The van der Waals surface area contributed by atoms with E-state index in [4.69, 9.17) is 4.74 Å². The fourth-order valence-electron chi connectivity index (χ4n) is 5.64. The van der Waals surface area contributed by atoms with Crippen LogP contribution in [-0.4, -0.2) is 73.3 Å². The molecule has 32 heavy (non-hydrogen) atoms. The monoisotopic (exact) mass is 440 g/mol. The van der Waals surface area contributed by atoms with Crippen LogP contribution in [0.3, 0.4) is 0 Å². The molecule has 1 saturated carbocycles. The lowest BCUT2D eigenvalue weighted by Gasteiger charge is -2.26. The molecule has 1 heterocycles. The first kappa shape index (κ1) is 23.7. The minimum atomic E-state index is -0.509. The molecule has 4 rings (SSSR count). The summed E-state index contributed by atoms with van der Waals surface area (Å²) in [6, 6.07) is 8.30. The van der Waals surface area contributed by atoms with E-state index in [9.17, 15) is 10.2 Å². The summed E-state index contributed by atoms with van der Waals surface area (Å²) < 4.78 is 5.41. The number of hydrogen-bond donors (Lipinski definition) is 3. The van der Waals surface area contributed by atoms with Gasteiger partial charge in [-0.15, -0.1) is 0 Å². The zero-order chi connectivity index (χ0) is 22.3. The first-order valence-electron chi connectivity index (χ1n) is 12.4. The molecule has 1 aliphatic heterocycles. The minimum absolute atomic E-state index is 0.141. The van der Waals surface area contributed by atoms with Gasteiger partial charge in [-0.3, -0.25) is 4.90 Å². The summed E-state index contributed by atoms with van der Waals surface area (Å²) in [5.41, 5.74) is 3.85. The number of aliphatic hydroxyl groups excluding tert-OH is 2. The van der Waals surface area contributed by atoms with Gasteiger partial charge < -0.3 is 20.3 Å². The Labute approximate surface area is 193 Å². The summed E-state index contributed by atoms with van der Waals surface area (Å²) in [4.78, 5) is 2.48. The van der Waals surface area contributed by atoms with Crippen LogP contribution in [0.4, 0.5) is 0 Å². The van der Waals surface area contributed by atoms with Crippen LogP contribution >= 0.6 is 0 Å². The van der Waals surface area contributed by atoms with E-state index in [1.807, 2.05) is 12.1 Å². The molecule has 5 atom stereocenters. The average Bonchev–Trinajstić information content (AvgIpc) is 3.29. The number of aliphatic hydroxyl groups is 2. The van der Waals surface area contributed by atoms with Gasteiger partial charge in [0.2, 0.25) is 0 Å². The molecular formula is C27H40N2O3. The van der Waals surface area contributed by atoms with Gasteiger partial charge in [0.1, 0.15) is 0 Å². The van der Waals surface area contributed by atoms with E-state index in [0.29, 0.717) is 18.3 Å². The fourth-order valence-corrected chi connectivity index (χ4v) is 5.64. The largest absolute Gasteiger partial charge is 0.392 e. The highest BCUT2D eigenvalue weighted by Crippen LogP contribution is 2.47. The van der Waals surface area contributed by atoms with Crippen LogP contribution in [0.25, 0.3) is 0 Å². The van der Waals surface area contributed by atoms with Crippen molar-refractivity contribution in [2.75, 3.05) is 45.9 Å². The van der Waals surface area contributed by atoms with Crippen molar-refractivity contribution < 1.29 is 14.9 Å². The van der Waals surface area contributed by atoms with Crippen molar-refractivity contribution in [3.8, 4) is 0 Å². The van der Waals surface area contributed by atoms with Gasteiger partial charge in [0, 0.05) is 32.0 Å². The zero-order valence-electron chi connectivity index (χ0n) is 19.5. The Kier molecular flexibility index (Phi) is 8.55. The number of allylic oxidation sites excluding steroid dienone is 1. The van der Waals surface area contributed by atoms with Gasteiger partial charge in [-0.2, -0.15) is 0 Å². The Morgan fingerprint density at radius 1 is 1.28 bits per heavy atom. The van der Waals surface area contributed by atoms with Crippen LogP contribution in [-0.2, 0) is 11.2 Å². The number of nitrogens with one attached hydrogen (secondary N) is 1. The van der Waals surface area contributed by atoms with Crippen LogP contribution < -0.4 is 5.32 Å². The number of morpholine rings is 1. The maximum Gasteiger partial charge on any atom is 0.0761 e. The topological polar surface area (TPSA) is 65.0 Å². The van der Waals surface area contributed by atoms with Crippen LogP contribution in [0.5, 0.6) is 0 Å². The van der Waals surface area contributed by atoms with Gasteiger partial charge in [-0.25, -0.2) is 0 Å². The lowest BCUT2D eigenvalue weighted by atomic mass is 9.89. The molecule has 176 valence electrons. The Morgan fingerprint density at radius 2 is 2.12 bits per heavy atom. The van der Waals surface area contributed by atoms with Crippen molar-refractivity contribution in [2.24, 2.45) is 17.8 Å². The highest BCUT2D eigenvalue weighted by molar-refractivity contribution is 5.24. The maximum atomic E-state index is 10.6. The molecule has 1 aromatic carbocycles. The van der Waals surface area contributed by atoms with E-state index in [0.717, 1.165) is 64.3 Å². The van der Waals surface area contributed by atoms with Crippen molar-refractivity contribution in [1.82, 2.24) is 10.2 Å². The molecule has 3 aliphatic rings. The molecule has 5 heteroatoms. The maximum absolute atomic E-state index is 10.6. The first-order chi connectivity index (χ1) is 15.6. The van der Waals surface area contributed by atoms with Gasteiger partial charge in [0.15, 0.2) is 0 Å². The third kappa shape index (κ3) is 6.52. The van der Waals surface area contributed by atoms with Crippen LogP contribution in [0.2, 0.25) is 0 Å². The number of benzene rings is 1. The lowest BCUT2D eigenvalue weighted by Crippen LogP contribution is -2.37. The van der Waals surface area contributed by atoms with Crippen molar-refractivity contribution in [3.05, 3.63) is 59.2 Å². The number of nitrogens with zero attached hydrogens (tertiary/aromatic N) is 1. The molecule has 3 N–H and O–H groups in total. The summed E-state index contributed by atoms with van der Waals surface area (Å²) in [5.74, 6) is 1.08. The minimum Gasteiger partial charge on any atom is -0.392 e. The van der Waals surface area contributed by atoms with Crippen molar-refractivity contribution in [2.45, 2.75) is 44.8 Å². The third-order valence-corrected chi connectivity index (χ3v) is 7.32. The number of rotatable bonds is 10. The molecule has 0 amide bonds. The molecule has 2 aliphatic carbocycles. The fraction of sp³-hybridized carbons (Fsp3) is 0.630. The van der Waals surface area contributed by atoms with Crippen molar-refractivity contribution >= 4 is 0 Å². The van der Waals surface area contributed by atoms with E-state index in [-0.39, 0.29) is 12.0 Å². The molecule has 1 aromatic rings. The molecular weight excluding hydrogens is 400 g/mol. The quantitative estimate of drug-likeness (QED) is 0.386. The van der Waals surface area contributed by atoms with E-state index in [1.54, 1.807) is 0 Å². The second-order valence-electron chi connectivity index (χ2n) is 9.87. The molecule has 2 fully saturated rings. The van der Waals surface area contributed by atoms with Gasteiger partial charge in [-0.05, 0) is 56.7 Å². The van der Waals surface area contributed by atoms with Crippen molar-refractivity contribution in [1.29, 1.82) is 0 Å². The highest BCUT2D eigenvalue weighted by Gasteiger charge is 2.43. The van der Waals surface area contributed by atoms with Crippen LogP contribution in [0.15, 0.2) is 48.1 Å². The van der Waals surface area contributed by atoms with Gasteiger partial charge in [-0.1, -0.05) is 53.6 Å². The molecule has 1 saturated heterocycles. The van der Waals surface area contributed by atoms with E-state index in [1.165, 1.54) is 17.6 Å². The first-order valence-corrected chi connectivity index (χ1v) is 12.4. The standard InChI is InChI=1S/C27H40N2O3/c1-20-4-2-5-21(14-20)16-24(30)6-7-25-26-17-22(15-23(26)18-27(25)31)19-28-8-3-9-29-10-12-32-13-11-29/h2,4-7,14-15,23-28,30-31H,3,8-13,16-19H2,1H3/b7-6+/t23-,24+,25+,26-,27+/m0/s1. The molecule has 5 nitrogen and oxygen atoms in total. The molecule has 0 spiro atoms. The Hall–Kier alpha value is -1.50. The normalized spacial score (nSPS) is 29.4. The average molecular weight is 441 g/mol. The number of ether oxygens (including phenoxy) is 1. The van der Waals surface area contributed by atoms with E-state index < -0.39 is 6.10 Å². The summed E-state index contributed by atoms with van der Waals surface area (Å²) in [6.45, 7) is 9.08. The Bertz CT molecular complexity index is 787. The predicted octanol–water partition coefficient (Wildman–Crippen LogP) is 2.71. The van der Waals surface area contributed by atoms with Crippen LogP contribution in [0, 0.1) is 24.7 Å². The second kappa shape index (κ2) is 11.6.